The number of benzene rings is 4. The molecule has 8 N–H and O–H groups in total. The van der Waals surface area contributed by atoms with Crippen molar-refractivity contribution in [2.75, 3.05) is 0 Å². The molecular weight excluding hydrogens is 520 g/mol. The number of hydrogen-bond acceptors (Lipinski definition) is 10. The van der Waals surface area contributed by atoms with Gasteiger partial charge in [0, 0.05) is 41.2 Å². The molecule has 0 saturated carbocycles. The van der Waals surface area contributed by atoms with E-state index in [1.165, 1.54) is 48.5 Å². The Kier molecular flexibility index (Phi) is 6.01. The molecule has 4 aromatic carbocycles. The summed E-state index contributed by atoms with van der Waals surface area (Å²) in [5, 5.41) is 83.9. The Morgan fingerprint density at radius 2 is 1.30 bits per heavy atom. The third-order valence-electron chi connectivity index (χ3n) is 7.48. The largest absolute Gasteiger partial charge is 0.508 e. The van der Waals surface area contributed by atoms with Crippen molar-refractivity contribution in [2.24, 2.45) is 0 Å². The van der Waals surface area contributed by atoms with Crippen molar-refractivity contribution in [1.82, 2.24) is 0 Å². The van der Waals surface area contributed by atoms with E-state index in [9.17, 15) is 40.9 Å². The van der Waals surface area contributed by atoms with Gasteiger partial charge in [0.05, 0.1) is 6.10 Å². The first-order valence-electron chi connectivity index (χ1n) is 12.5. The van der Waals surface area contributed by atoms with Gasteiger partial charge in [0.25, 0.3) is 0 Å². The number of hydrogen-bond donors (Lipinski definition) is 8. The van der Waals surface area contributed by atoms with Gasteiger partial charge in [0.2, 0.25) is 0 Å². The Morgan fingerprint density at radius 1 is 0.600 bits per heavy atom. The second-order valence-corrected chi connectivity index (χ2v) is 10.0. The van der Waals surface area contributed by atoms with Crippen LogP contribution in [-0.4, -0.2) is 53.1 Å². The molecule has 0 fully saturated rings. The summed E-state index contributed by atoms with van der Waals surface area (Å²) in [4.78, 5) is 0. The van der Waals surface area contributed by atoms with Crippen molar-refractivity contribution in [3.63, 3.8) is 0 Å². The Labute approximate surface area is 227 Å². The molecule has 0 aliphatic carbocycles. The second kappa shape index (κ2) is 9.44. The molecule has 0 bridgehead atoms. The van der Waals surface area contributed by atoms with E-state index in [0.717, 1.165) is 6.07 Å². The van der Waals surface area contributed by atoms with Gasteiger partial charge in [-0.2, -0.15) is 0 Å². The second-order valence-electron chi connectivity index (χ2n) is 10.0. The lowest BCUT2D eigenvalue weighted by Crippen LogP contribution is -2.37. The van der Waals surface area contributed by atoms with Gasteiger partial charge in [-0.25, -0.2) is 0 Å². The fourth-order valence-corrected chi connectivity index (χ4v) is 5.55. The minimum Gasteiger partial charge on any atom is -0.508 e. The fraction of sp³-hybridized carbons (Fsp3) is 0.200. The Balaban J connectivity index is 1.54. The summed E-state index contributed by atoms with van der Waals surface area (Å²) < 4.78 is 12.5. The van der Waals surface area contributed by atoms with Crippen LogP contribution in [0.4, 0.5) is 0 Å². The topological polar surface area (TPSA) is 180 Å². The van der Waals surface area contributed by atoms with Gasteiger partial charge in [-0.15, -0.1) is 0 Å². The van der Waals surface area contributed by atoms with E-state index < -0.39 is 36.1 Å². The van der Waals surface area contributed by atoms with Crippen molar-refractivity contribution < 1.29 is 50.3 Å². The number of phenolic OH excluding ortho intramolecular Hbond substituents is 6. The van der Waals surface area contributed by atoms with Gasteiger partial charge in [0.1, 0.15) is 46.7 Å². The van der Waals surface area contributed by atoms with Crippen LogP contribution in [0.5, 0.6) is 46.0 Å². The van der Waals surface area contributed by atoms with Crippen LogP contribution >= 0.6 is 0 Å². The van der Waals surface area contributed by atoms with Crippen LogP contribution in [0, 0.1) is 0 Å². The molecule has 40 heavy (non-hydrogen) atoms. The molecule has 0 unspecified atom stereocenters. The van der Waals surface area contributed by atoms with Crippen LogP contribution in [0.2, 0.25) is 0 Å². The quantitative estimate of drug-likeness (QED) is 0.177. The molecule has 0 aromatic heterocycles. The molecule has 0 radical (unpaired) electrons. The third kappa shape index (κ3) is 4.14. The molecule has 0 spiro atoms. The van der Waals surface area contributed by atoms with Crippen molar-refractivity contribution in [3.05, 3.63) is 94.5 Å². The maximum Gasteiger partial charge on any atom is 0.157 e. The number of ether oxygens (including phenoxy) is 2. The molecule has 2 heterocycles. The van der Waals surface area contributed by atoms with Crippen molar-refractivity contribution in [2.45, 2.75) is 36.8 Å². The van der Waals surface area contributed by atoms with E-state index in [1.807, 2.05) is 0 Å². The lowest BCUT2D eigenvalue weighted by Gasteiger charge is -2.41. The first-order valence-corrected chi connectivity index (χ1v) is 12.5. The van der Waals surface area contributed by atoms with Crippen LogP contribution in [0.25, 0.3) is 0 Å². The molecule has 10 heteroatoms. The van der Waals surface area contributed by atoms with Crippen LogP contribution in [0.3, 0.4) is 0 Å². The van der Waals surface area contributed by atoms with Gasteiger partial charge < -0.3 is 50.3 Å². The summed E-state index contributed by atoms with van der Waals surface area (Å²) in [6.45, 7) is 0. The first kappa shape index (κ1) is 25.5. The van der Waals surface area contributed by atoms with Gasteiger partial charge in [-0.3, -0.25) is 0 Å². The summed E-state index contributed by atoms with van der Waals surface area (Å²) in [5.74, 6) is -2.12. The van der Waals surface area contributed by atoms with Gasteiger partial charge >= 0.3 is 0 Å². The summed E-state index contributed by atoms with van der Waals surface area (Å²) in [6.07, 6.45) is -4.51. The van der Waals surface area contributed by atoms with Crippen LogP contribution in [0.1, 0.15) is 45.9 Å². The van der Waals surface area contributed by atoms with Crippen LogP contribution in [0.15, 0.2) is 66.7 Å². The van der Waals surface area contributed by atoms with E-state index in [1.54, 1.807) is 12.1 Å². The zero-order chi connectivity index (χ0) is 28.3. The van der Waals surface area contributed by atoms with Crippen molar-refractivity contribution in [1.29, 1.82) is 0 Å². The summed E-state index contributed by atoms with van der Waals surface area (Å²) in [6, 6.07) is 15.4. The minimum atomic E-state index is -1.31. The molecule has 0 saturated heterocycles. The van der Waals surface area contributed by atoms with Crippen LogP contribution in [-0.2, 0) is 6.42 Å². The normalized spacial score (nSPS) is 23.4. The third-order valence-corrected chi connectivity index (χ3v) is 7.48. The lowest BCUT2D eigenvalue weighted by molar-refractivity contribution is -0.00238. The molecule has 5 atom stereocenters. The van der Waals surface area contributed by atoms with Crippen molar-refractivity contribution in [3.8, 4) is 46.0 Å². The van der Waals surface area contributed by atoms with E-state index in [4.69, 9.17) is 9.47 Å². The number of fused-ring (bicyclic) bond motifs is 3. The number of phenols is 6. The molecule has 0 amide bonds. The Hall–Kier alpha value is -4.80. The molecule has 10 nitrogen and oxygen atoms in total. The summed E-state index contributed by atoms with van der Waals surface area (Å²) in [5.41, 5.74) is 1.68. The highest BCUT2D eigenvalue weighted by Gasteiger charge is 2.45. The van der Waals surface area contributed by atoms with Gasteiger partial charge in [0.15, 0.2) is 17.6 Å². The zero-order valence-corrected chi connectivity index (χ0v) is 20.8. The molecule has 2 aliphatic heterocycles. The van der Waals surface area contributed by atoms with E-state index in [2.05, 4.69) is 0 Å². The van der Waals surface area contributed by atoms with Gasteiger partial charge in [-0.1, -0.05) is 24.3 Å². The van der Waals surface area contributed by atoms with E-state index >= 15 is 0 Å². The number of aliphatic hydroxyl groups is 2. The van der Waals surface area contributed by atoms with E-state index in [0.29, 0.717) is 16.7 Å². The highest BCUT2D eigenvalue weighted by atomic mass is 16.5. The molecule has 6 rings (SSSR count). The predicted molar refractivity (Wildman–Crippen MR) is 140 cm³/mol. The molecular formula is C30H26O10. The van der Waals surface area contributed by atoms with E-state index in [-0.39, 0.29) is 57.8 Å². The number of aliphatic hydroxyl groups excluding tert-OH is 2. The Bertz CT molecular complexity index is 1600. The first-order chi connectivity index (χ1) is 19.1. The molecule has 2 aliphatic rings. The minimum absolute atomic E-state index is 0.0205. The fourth-order valence-electron chi connectivity index (χ4n) is 5.55. The number of rotatable bonds is 3. The SMILES string of the molecule is Oc1ccc([C@H]2Oc3cc(O)c4c(c3[C@H](c3ccc(O)cc3O)[C@@H]2O)O[C@@H](c2ccc(O)c(O)c2)[C@H](O)C4)cc1. The lowest BCUT2D eigenvalue weighted by atomic mass is 9.77. The maximum absolute atomic E-state index is 11.7. The highest BCUT2D eigenvalue weighted by molar-refractivity contribution is 5.64. The molecule has 4 aromatic rings. The Morgan fingerprint density at radius 3 is 2.00 bits per heavy atom. The monoisotopic (exact) mass is 546 g/mol. The average molecular weight is 547 g/mol. The standard InChI is InChI=1S/C30H26O10/c31-15-4-1-13(2-5-15)29-27(38)25(17-7-6-16(32)10-20(17)34)26-24(39-29)12-21(35)18-11-23(37)28(40-30(18)26)14-3-8-19(33)22(36)9-14/h1-10,12,23,25,27-29,31-38H,11H2/t23-,25+,27+,28+,29-/m1/s1. The maximum atomic E-state index is 11.7. The highest BCUT2D eigenvalue weighted by Crippen LogP contribution is 2.56. The summed E-state index contributed by atoms with van der Waals surface area (Å²) in [7, 11) is 0. The summed E-state index contributed by atoms with van der Waals surface area (Å²) >= 11 is 0. The average Bonchev–Trinajstić information content (AvgIpc) is 2.91. The predicted octanol–water partition coefficient (Wildman–Crippen LogP) is 3.58. The van der Waals surface area contributed by atoms with Gasteiger partial charge in [-0.05, 0) is 41.5 Å². The van der Waals surface area contributed by atoms with Crippen LogP contribution < -0.4 is 9.47 Å². The number of aromatic hydroxyl groups is 6. The zero-order valence-electron chi connectivity index (χ0n) is 20.8. The molecule has 206 valence electrons. The smallest absolute Gasteiger partial charge is 0.157 e. The van der Waals surface area contributed by atoms with Crippen molar-refractivity contribution >= 4 is 0 Å².